The SMILES string of the molecule is CC(C)(O)[C@H](F)CNC(=O)c1cnc(-c2ccc3cc(C#N)cnn23)cc1NC1CC(COC(N)=O)C1. The summed E-state index contributed by atoms with van der Waals surface area (Å²) in [6.45, 7) is 2.52. The number of halogens is 1. The van der Waals surface area contributed by atoms with Crippen LogP contribution in [0.1, 0.15) is 42.6 Å². The zero-order chi connectivity index (χ0) is 26.7. The molecular formula is C25H28FN7O4. The molecule has 1 aliphatic rings. The molecule has 0 aromatic carbocycles. The van der Waals surface area contributed by atoms with E-state index >= 15 is 0 Å². The van der Waals surface area contributed by atoms with Crippen LogP contribution in [-0.4, -0.2) is 62.7 Å². The van der Waals surface area contributed by atoms with Crippen LogP contribution in [0.15, 0.2) is 36.7 Å². The molecule has 0 spiro atoms. The van der Waals surface area contributed by atoms with E-state index in [4.69, 9.17) is 15.7 Å². The number of anilines is 1. The second kappa shape index (κ2) is 10.4. The van der Waals surface area contributed by atoms with E-state index in [-0.39, 0.29) is 30.7 Å². The average molecular weight is 510 g/mol. The highest BCUT2D eigenvalue weighted by Gasteiger charge is 2.32. The first kappa shape index (κ1) is 25.8. The summed E-state index contributed by atoms with van der Waals surface area (Å²) in [5, 5.41) is 29.1. The van der Waals surface area contributed by atoms with Crippen LogP contribution in [-0.2, 0) is 4.74 Å². The Kier molecular flexibility index (Phi) is 7.26. The van der Waals surface area contributed by atoms with Crippen molar-refractivity contribution in [3.05, 3.63) is 47.8 Å². The maximum absolute atomic E-state index is 14.2. The molecule has 0 bridgehead atoms. The monoisotopic (exact) mass is 509 g/mol. The van der Waals surface area contributed by atoms with Crippen molar-refractivity contribution in [3.63, 3.8) is 0 Å². The molecule has 2 amide bonds. The molecule has 0 saturated heterocycles. The topological polar surface area (TPSA) is 168 Å². The van der Waals surface area contributed by atoms with E-state index in [0.29, 0.717) is 41.0 Å². The molecule has 0 radical (unpaired) electrons. The van der Waals surface area contributed by atoms with E-state index in [1.807, 2.05) is 12.1 Å². The van der Waals surface area contributed by atoms with Gasteiger partial charge in [-0.05, 0) is 56.9 Å². The molecule has 11 nitrogen and oxygen atoms in total. The van der Waals surface area contributed by atoms with Crippen LogP contribution >= 0.6 is 0 Å². The Balaban J connectivity index is 1.58. The molecular weight excluding hydrogens is 481 g/mol. The number of nitriles is 1. The number of nitrogens with one attached hydrogen (secondary N) is 2. The maximum atomic E-state index is 14.2. The van der Waals surface area contributed by atoms with Crippen LogP contribution in [0, 0.1) is 17.2 Å². The fraction of sp³-hybridized carbons (Fsp3) is 0.400. The van der Waals surface area contributed by atoms with E-state index in [1.54, 1.807) is 16.6 Å². The zero-order valence-electron chi connectivity index (χ0n) is 20.4. The summed E-state index contributed by atoms with van der Waals surface area (Å²) in [4.78, 5) is 28.2. The Morgan fingerprint density at radius 2 is 2.11 bits per heavy atom. The molecule has 1 aliphatic carbocycles. The number of alkyl halides is 1. The number of ether oxygens (including phenoxy) is 1. The molecule has 37 heavy (non-hydrogen) atoms. The van der Waals surface area contributed by atoms with Gasteiger partial charge in [-0.3, -0.25) is 9.78 Å². The fourth-order valence-electron chi connectivity index (χ4n) is 4.09. The second-order valence-electron chi connectivity index (χ2n) is 9.67. The zero-order valence-corrected chi connectivity index (χ0v) is 20.4. The number of primary amides is 1. The van der Waals surface area contributed by atoms with Crippen molar-refractivity contribution < 1.29 is 23.8 Å². The Morgan fingerprint density at radius 1 is 1.35 bits per heavy atom. The van der Waals surface area contributed by atoms with Crippen molar-refractivity contribution in [1.82, 2.24) is 19.9 Å². The van der Waals surface area contributed by atoms with Gasteiger partial charge in [-0.25, -0.2) is 13.7 Å². The minimum Gasteiger partial charge on any atom is -0.449 e. The van der Waals surface area contributed by atoms with Gasteiger partial charge in [-0.2, -0.15) is 10.4 Å². The number of carbonyl (C=O) groups excluding carboxylic acids is 2. The summed E-state index contributed by atoms with van der Waals surface area (Å²) in [5.74, 6) is -0.394. The highest BCUT2D eigenvalue weighted by molar-refractivity contribution is 6.00. The molecule has 1 fully saturated rings. The lowest BCUT2D eigenvalue weighted by atomic mass is 9.80. The van der Waals surface area contributed by atoms with Crippen molar-refractivity contribution in [1.29, 1.82) is 5.26 Å². The van der Waals surface area contributed by atoms with E-state index in [1.165, 1.54) is 26.2 Å². The highest BCUT2D eigenvalue weighted by atomic mass is 19.1. The minimum atomic E-state index is -1.66. The van der Waals surface area contributed by atoms with E-state index in [2.05, 4.69) is 26.8 Å². The van der Waals surface area contributed by atoms with E-state index in [9.17, 15) is 19.1 Å². The van der Waals surface area contributed by atoms with Gasteiger partial charge in [-0.15, -0.1) is 0 Å². The number of pyridine rings is 1. The van der Waals surface area contributed by atoms with Crippen LogP contribution in [0.3, 0.4) is 0 Å². The summed E-state index contributed by atoms with van der Waals surface area (Å²) in [7, 11) is 0. The number of carbonyl (C=O) groups is 2. The normalized spacial score (nSPS) is 17.9. The van der Waals surface area contributed by atoms with Gasteiger partial charge >= 0.3 is 6.09 Å². The Bertz CT molecular complexity index is 1360. The van der Waals surface area contributed by atoms with Crippen molar-refractivity contribution in [2.24, 2.45) is 11.7 Å². The predicted molar refractivity (Wildman–Crippen MR) is 132 cm³/mol. The van der Waals surface area contributed by atoms with Crippen molar-refractivity contribution >= 4 is 23.2 Å². The van der Waals surface area contributed by atoms with Gasteiger partial charge in [0, 0.05) is 12.2 Å². The predicted octanol–water partition coefficient (Wildman–Crippen LogP) is 2.39. The summed E-state index contributed by atoms with van der Waals surface area (Å²) < 4.78 is 20.7. The summed E-state index contributed by atoms with van der Waals surface area (Å²) in [5.41, 5.74) is 6.46. The van der Waals surface area contributed by atoms with Crippen LogP contribution in [0.2, 0.25) is 0 Å². The van der Waals surface area contributed by atoms with Crippen LogP contribution in [0.25, 0.3) is 16.9 Å². The molecule has 4 rings (SSSR count). The van der Waals surface area contributed by atoms with E-state index in [0.717, 1.165) is 0 Å². The van der Waals surface area contributed by atoms with Crippen LogP contribution < -0.4 is 16.4 Å². The van der Waals surface area contributed by atoms with Gasteiger partial charge < -0.3 is 26.2 Å². The molecule has 3 heterocycles. The molecule has 3 aromatic heterocycles. The largest absolute Gasteiger partial charge is 0.449 e. The number of rotatable bonds is 9. The third-order valence-electron chi connectivity index (χ3n) is 6.31. The third kappa shape index (κ3) is 5.95. The third-order valence-corrected chi connectivity index (χ3v) is 6.31. The lowest BCUT2D eigenvalue weighted by Crippen LogP contribution is -2.42. The van der Waals surface area contributed by atoms with Crippen molar-refractivity contribution in [2.75, 3.05) is 18.5 Å². The average Bonchev–Trinajstić information content (AvgIpc) is 3.25. The number of nitrogens with two attached hydrogens (primary N) is 1. The van der Waals surface area contributed by atoms with Crippen LogP contribution in [0.5, 0.6) is 0 Å². The quantitative estimate of drug-likeness (QED) is 0.341. The molecule has 194 valence electrons. The van der Waals surface area contributed by atoms with Crippen molar-refractivity contribution in [2.45, 2.75) is 44.5 Å². The molecule has 3 aromatic rings. The second-order valence-corrected chi connectivity index (χ2v) is 9.67. The number of hydrogen-bond acceptors (Lipinski definition) is 8. The smallest absolute Gasteiger partial charge is 0.404 e. The van der Waals surface area contributed by atoms with Gasteiger partial charge in [0.2, 0.25) is 0 Å². The molecule has 1 saturated carbocycles. The number of hydrogen-bond donors (Lipinski definition) is 4. The standard InChI is InChI=1S/C25H28FN7O4/c1-25(2,36)22(26)12-30-23(34)18-11-29-20(21-4-3-17-7-15(9-27)10-31-33(17)21)8-19(18)32-16-5-14(6-16)13-37-24(28)35/h3-4,7-8,10-11,14,16,22,36H,5-6,12-13H2,1-2H3,(H2,28,35)(H,29,32)(H,30,34)/t14?,16?,22-/m1/s1. The first-order valence-corrected chi connectivity index (χ1v) is 11.8. The number of nitrogens with zero attached hydrogens (tertiary/aromatic N) is 4. The summed E-state index contributed by atoms with van der Waals surface area (Å²) >= 11 is 0. The maximum Gasteiger partial charge on any atom is 0.404 e. The Morgan fingerprint density at radius 3 is 2.78 bits per heavy atom. The first-order valence-electron chi connectivity index (χ1n) is 11.8. The van der Waals surface area contributed by atoms with Gasteiger partial charge in [0.05, 0.1) is 58.7 Å². The van der Waals surface area contributed by atoms with Gasteiger partial charge in [0.15, 0.2) is 0 Å². The van der Waals surface area contributed by atoms with E-state index < -0.39 is 23.8 Å². The fourth-order valence-corrected chi connectivity index (χ4v) is 4.09. The number of aromatic nitrogens is 3. The summed E-state index contributed by atoms with van der Waals surface area (Å²) in [6.07, 6.45) is 1.78. The van der Waals surface area contributed by atoms with Crippen molar-refractivity contribution in [3.8, 4) is 17.5 Å². The van der Waals surface area contributed by atoms with Gasteiger partial charge in [0.1, 0.15) is 12.2 Å². The summed E-state index contributed by atoms with van der Waals surface area (Å²) in [6, 6.07) is 9.11. The molecule has 1 atom stereocenters. The lowest BCUT2D eigenvalue weighted by Gasteiger charge is -2.36. The Hall–Kier alpha value is -4.24. The lowest BCUT2D eigenvalue weighted by molar-refractivity contribution is -0.00178. The van der Waals surface area contributed by atoms with Gasteiger partial charge in [0.25, 0.3) is 5.91 Å². The molecule has 12 heteroatoms. The molecule has 5 N–H and O–H groups in total. The van der Waals surface area contributed by atoms with Gasteiger partial charge in [-0.1, -0.05) is 0 Å². The Labute approximate surface area is 212 Å². The molecule has 0 unspecified atom stereocenters. The minimum absolute atomic E-state index is 0.00828. The number of amides is 2. The van der Waals surface area contributed by atoms with Crippen LogP contribution in [0.4, 0.5) is 14.9 Å². The number of fused-ring (bicyclic) bond motifs is 1. The molecule has 0 aliphatic heterocycles. The first-order chi connectivity index (χ1) is 17.5. The highest BCUT2D eigenvalue weighted by Crippen LogP contribution is 2.33. The number of aliphatic hydroxyl groups is 1.